The van der Waals surface area contributed by atoms with Crippen LogP contribution in [0.3, 0.4) is 0 Å². The maximum absolute atomic E-state index is 10.3. The molecule has 0 spiro atoms. The fourth-order valence-electron chi connectivity index (χ4n) is 2.65. The normalized spacial score (nSPS) is 10.7. The van der Waals surface area contributed by atoms with Crippen molar-refractivity contribution in [3.05, 3.63) is 0 Å². The average molecular weight is 459 g/mol. The van der Waals surface area contributed by atoms with Crippen molar-refractivity contribution in [2.45, 2.75) is 123 Å². The molecule has 3 N–H and O–H groups in total. The van der Waals surface area contributed by atoms with E-state index in [0.717, 1.165) is 12.8 Å². The number of aliphatic hydroxyl groups excluding tert-OH is 1. The topological polar surface area (TPSA) is 94.8 Å². The van der Waals surface area contributed by atoms with Gasteiger partial charge in [-0.15, -0.1) is 0 Å². The molecule has 0 saturated heterocycles. The molecular weight excluding hydrogens is 412 g/mol. The third-order valence-electron chi connectivity index (χ3n) is 4.35. The Morgan fingerprint density at radius 1 is 0.643 bits per heavy atom. The van der Waals surface area contributed by atoms with E-state index in [0.29, 0.717) is 6.42 Å². The molecule has 7 heteroatoms. The van der Waals surface area contributed by atoms with E-state index in [1.807, 2.05) is 0 Å². The maximum atomic E-state index is 10.3. The molecule has 0 saturated carbocycles. The van der Waals surface area contributed by atoms with Gasteiger partial charge in [0, 0.05) is 6.42 Å². The van der Waals surface area contributed by atoms with Crippen molar-refractivity contribution in [2.24, 2.45) is 0 Å². The number of aliphatic carboxylic acids is 2. The first-order chi connectivity index (χ1) is 12.4. The van der Waals surface area contributed by atoms with Gasteiger partial charge in [-0.05, 0) is 13.3 Å². The standard InChI is InChI=1S/C18H36O2.C3H6O3.2Ca.4H/c1-2-3-4-5-6-7-8-9-10-11-12-13-14-15-16-17-18(19)20;1-2(4)3(5)6;;;;;;/h2-17H2,1H3,(H,19,20);2,4H,1H3,(H,5,6);;;;;;. The molecule has 0 heterocycles. The Bertz CT molecular complexity index is 326. The third-order valence-corrected chi connectivity index (χ3v) is 4.35. The summed E-state index contributed by atoms with van der Waals surface area (Å²) in [7, 11) is 0. The molecule has 0 aromatic carbocycles. The number of carbonyl (C=O) groups is 2. The molecule has 0 aliphatic rings. The molecule has 0 aromatic rings. The number of unbranched alkanes of at least 4 members (excludes halogenated alkanes) is 14. The van der Waals surface area contributed by atoms with E-state index >= 15 is 0 Å². The molecule has 164 valence electrons. The molecule has 0 fully saturated rings. The zero-order valence-corrected chi connectivity index (χ0v) is 17.0. The van der Waals surface area contributed by atoms with Gasteiger partial charge in [0.05, 0.1) is 0 Å². The number of hydrogen-bond donors (Lipinski definition) is 3. The number of carboxylic acids is 2. The summed E-state index contributed by atoms with van der Waals surface area (Å²) in [6.07, 6.45) is 19.0. The molecule has 0 rings (SSSR count). The van der Waals surface area contributed by atoms with Crippen LogP contribution < -0.4 is 0 Å². The number of hydrogen-bond acceptors (Lipinski definition) is 3. The molecule has 1 atom stereocenters. The van der Waals surface area contributed by atoms with Crippen LogP contribution in [0.25, 0.3) is 0 Å². The minimum atomic E-state index is -1.23. The fraction of sp³-hybridized carbons (Fsp3) is 0.905. The summed E-state index contributed by atoms with van der Waals surface area (Å²) in [6.45, 7) is 3.47. The summed E-state index contributed by atoms with van der Waals surface area (Å²) in [6, 6.07) is 0. The van der Waals surface area contributed by atoms with Gasteiger partial charge in [0.1, 0.15) is 6.10 Å². The molecule has 1 unspecified atom stereocenters. The SMILES string of the molecule is CC(O)C(=O)O.CCCCCCCCCCCCCCCCCC(=O)O.[CaH2].[CaH2]. The van der Waals surface area contributed by atoms with Gasteiger partial charge in [-0.25, -0.2) is 4.79 Å². The van der Waals surface area contributed by atoms with Crippen molar-refractivity contribution in [3.63, 3.8) is 0 Å². The molecule has 0 aliphatic carbocycles. The first-order valence-corrected chi connectivity index (χ1v) is 10.5. The Balaban J connectivity index is -0.000000312. The summed E-state index contributed by atoms with van der Waals surface area (Å²) < 4.78 is 0. The van der Waals surface area contributed by atoms with Gasteiger partial charge in [-0.1, -0.05) is 96.8 Å². The van der Waals surface area contributed by atoms with E-state index in [-0.39, 0.29) is 75.5 Å². The van der Waals surface area contributed by atoms with Gasteiger partial charge in [0.15, 0.2) is 0 Å². The van der Waals surface area contributed by atoms with Crippen LogP contribution >= 0.6 is 0 Å². The van der Waals surface area contributed by atoms with E-state index in [1.54, 1.807) is 0 Å². The molecule has 28 heavy (non-hydrogen) atoms. The molecule has 5 nitrogen and oxygen atoms in total. The van der Waals surface area contributed by atoms with Crippen LogP contribution in [0.15, 0.2) is 0 Å². The van der Waals surface area contributed by atoms with Gasteiger partial charge in [-0.2, -0.15) is 0 Å². The van der Waals surface area contributed by atoms with Crippen molar-refractivity contribution in [2.75, 3.05) is 0 Å². The van der Waals surface area contributed by atoms with Crippen molar-refractivity contribution >= 4 is 87.4 Å². The number of rotatable bonds is 17. The van der Waals surface area contributed by atoms with Crippen molar-refractivity contribution in [1.82, 2.24) is 0 Å². The summed E-state index contributed by atoms with van der Waals surface area (Å²) in [5.74, 6) is -1.84. The Labute approximate surface area is 232 Å². The number of aliphatic hydroxyl groups is 1. The molecular formula is C21H46Ca2O5. The summed E-state index contributed by atoms with van der Waals surface area (Å²) in [4.78, 5) is 19.8. The molecule has 0 amide bonds. The van der Waals surface area contributed by atoms with Crippen molar-refractivity contribution in [1.29, 1.82) is 0 Å². The predicted octanol–water partition coefficient (Wildman–Crippen LogP) is 3.95. The second-order valence-corrected chi connectivity index (χ2v) is 7.11. The second kappa shape index (κ2) is 30.6. The molecule has 0 aliphatic heterocycles. The number of carboxylic acid groups (broad SMARTS) is 2. The predicted molar refractivity (Wildman–Crippen MR) is 124 cm³/mol. The van der Waals surface area contributed by atoms with Gasteiger partial charge in [0.25, 0.3) is 0 Å². The van der Waals surface area contributed by atoms with Gasteiger partial charge in [-0.3, -0.25) is 4.79 Å². The van der Waals surface area contributed by atoms with Crippen LogP contribution in [-0.2, 0) is 9.59 Å². The monoisotopic (exact) mass is 458 g/mol. The zero-order valence-electron chi connectivity index (χ0n) is 17.0. The van der Waals surface area contributed by atoms with Crippen molar-refractivity contribution < 1.29 is 24.9 Å². The van der Waals surface area contributed by atoms with Crippen LogP contribution in [0.4, 0.5) is 0 Å². The van der Waals surface area contributed by atoms with E-state index < -0.39 is 18.0 Å². The first kappa shape index (κ1) is 36.8. The Morgan fingerprint density at radius 2 is 0.893 bits per heavy atom. The molecule has 0 radical (unpaired) electrons. The molecule has 0 bridgehead atoms. The summed E-state index contributed by atoms with van der Waals surface area (Å²) in [5.41, 5.74) is 0. The first-order valence-electron chi connectivity index (χ1n) is 10.5. The zero-order chi connectivity index (χ0) is 20.0. The Morgan fingerprint density at radius 3 is 1.11 bits per heavy atom. The van der Waals surface area contributed by atoms with Crippen LogP contribution in [0.1, 0.15) is 117 Å². The van der Waals surface area contributed by atoms with E-state index in [9.17, 15) is 9.59 Å². The van der Waals surface area contributed by atoms with Crippen LogP contribution in [-0.4, -0.2) is 109 Å². The molecule has 0 aromatic heterocycles. The van der Waals surface area contributed by atoms with Crippen molar-refractivity contribution in [3.8, 4) is 0 Å². The van der Waals surface area contributed by atoms with E-state index in [2.05, 4.69) is 6.92 Å². The summed E-state index contributed by atoms with van der Waals surface area (Å²) >= 11 is 0. The minimum absolute atomic E-state index is 0. The van der Waals surface area contributed by atoms with Crippen LogP contribution in [0, 0.1) is 0 Å². The second-order valence-electron chi connectivity index (χ2n) is 7.11. The van der Waals surface area contributed by atoms with Gasteiger partial charge < -0.3 is 15.3 Å². The van der Waals surface area contributed by atoms with Crippen LogP contribution in [0.5, 0.6) is 0 Å². The average Bonchev–Trinajstić information content (AvgIpc) is 2.58. The van der Waals surface area contributed by atoms with E-state index in [4.69, 9.17) is 15.3 Å². The summed E-state index contributed by atoms with van der Waals surface area (Å²) in [5, 5.41) is 24.3. The van der Waals surface area contributed by atoms with Gasteiger partial charge in [0.2, 0.25) is 0 Å². The Kier molecular flexibility index (Phi) is 40.2. The Hall–Kier alpha value is 1.42. The van der Waals surface area contributed by atoms with Gasteiger partial charge >= 0.3 is 87.4 Å². The quantitative estimate of drug-likeness (QED) is 0.227. The van der Waals surface area contributed by atoms with Crippen LogP contribution in [0.2, 0.25) is 0 Å². The fourth-order valence-corrected chi connectivity index (χ4v) is 2.65. The third kappa shape index (κ3) is 38.1. The van der Waals surface area contributed by atoms with E-state index in [1.165, 1.54) is 90.4 Å².